The maximum Gasteiger partial charge on any atom is 0.0869 e. The zero-order chi connectivity index (χ0) is 8.27. The lowest BCUT2D eigenvalue weighted by atomic mass is 10.3. The highest BCUT2D eigenvalue weighted by Crippen LogP contribution is 2.11. The second kappa shape index (κ2) is 3.39. The van der Waals surface area contributed by atoms with Crippen LogP contribution in [0, 0.1) is 0 Å². The van der Waals surface area contributed by atoms with Gasteiger partial charge in [0.2, 0.25) is 0 Å². The van der Waals surface area contributed by atoms with Crippen molar-refractivity contribution < 1.29 is 0 Å². The van der Waals surface area contributed by atoms with Gasteiger partial charge in [-0.25, -0.2) is 0 Å². The Hall–Kier alpha value is -1.02. The highest BCUT2D eigenvalue weighted by atomic mass is 35.5. The number of pyridine rings is 1. The molecule has 1 heterocycles. The van der Waals surface area contributed by atoms with E-state index in [0.717, 1.165) is 11.4 Å². The van der Waals surface area contributed by atoms with Crippen molar-refractivity contribution >= 4 is 17.3 Å². The van der Waals surface area contributed by atoms with Crippen LogP contribution in [-0.4, -0.2) is 12.0 Å². The Kier molecular flexibility index (Phi) is 2.49. The van der Waals surface area contributed by atoms with E-state index in [2.05, 4.69) is 16.9 Å². The van der Waals surface area contributed by atoms with Crippen molar-refractivity contribution in [2.75, 3.05) is 7.05 Å². The lowest BCUT2D eigenvalue weighted by Crippen LogP contribution is -2.04. The third-order valence-corrected chi connectivity index (χ3v) is 1.57. The van der Waals surface area contributed by atoms with Gasteiger partial charge in [-0.15, -0.1) is 0 Å². The summed E-state index contributed by atoms with van der Waals surface area (Å²) in [5.74, 6) is 0. The van der Waals surface area contributed by atoms with Gasteiger partial charge in [-0.2, -0.15) is 0 Å². The van der Waals surface area contributed by atoms with Gasteiger partial charge in [0.05, 0.1) is 11.4 Å². The molecule has 0 aliphatic heterocycles. The van der Waals surface area contributed by atoms with Crippen LogP contribution >= 0.6 is 11.6 Å². The summed E-state index contributed by atoms with van der Waals surface area (Å²) in [6, 6.07) is 3.49. The Morgan fingerprint density at radius 2 is 2.45 bits per heavy atom. The van der Waals surface area contributed by atoms with Crippen LogP contribution in [0.1, 0.15) is 5.69 Å². The van der Waals surface area contributed by atoms with Gasteiger partial charge in [-0.3, -0.25) is 4.98 Å². The smallest absolute Gasteiger partial charge is 0.0869 e. The monoisotopic (exact) mass is 168 g/mol. The van der Waals surface area contributed by atoms with Crippen molar-refractivity contribution in [1.29, 1.82) is 0 Å². The van der Waals surface area contributed by atoms with E-state index in [1.54, 1.807) is 25.4 Å². The van der Waals surface area contributed by atoms with Crippen LogP contribution in [0.3, 0.4) is 0 Å². The molecule has 0 amide bonds. The van der Waals surface area contributed by atoms with E-state index >= 15 is 0 Å². The first-order valence-electron chi connectivity index (χ1n) is 3.22. The molecule has 1 N–H and O–H groups in total. The number of aromatic nitrogens is 1. The molecule has 0 aliphatic rings. The Bertz CT molecular complexity index is 271. The van der Waals surface area contributed by atoms with Crippen molar-refractivity contribution in [3.8, 4) is 0 Å². The van der Waals surface area contributed by atoms with E-state index in [4.69, 9.17) is 11.6 Å². The molecule has 0 unspecified atom stereocenters. The summed E-state index contributed by atoms with van der Waals surface area (Å²) in [5.41, 5.74) is 1.55. The number of hydrogen-bond acceptors (Lipinski definition) is 2. The first-order valence-corrected chi connectivity index (χ1v) is 3.60. The fourth-order valence-corrected chi connectivity index (χ4v) is 0.858. The standard InChI is InChI=1S/C8H9ClN2/c1-6(10-2)8-5-7(9)3-4-11-8/h3-5,10H,1H2,2H3. The van der Waals surface area contributed by atoms with Gasteiger partial charge >= 0.3 is 0 Å². The number of nitrogens with one attached hydrogen (secondary N) is 1. The summed E-state index contributed by atoms with van der Waals surface area (Å²) in [5, 5.41) is 3.57. The molecule has 0 saturated heterocycles. The Morgan fingerprint density at radius 1 is 1.73 bits per heavy atom. The molecule has 0 aromatic carbocycles. The van der Waals surface area contributed by atoms with Gasteiger partial charge in [0.15, 0.2) is 0 Å². The van der Waals surface area contributed by atoms with Crippen LogP contribution in [0.15, 0.2) is 24.9 Å². The Balaban J connectivity index is 2.96. The summed E-state index contributed by atoms with van der Waals surface area (Å²) in [6.07, 6.45) is 1.65. The molecule has 0 spiro atoms. The van der Waals surface area contributed by atoms with Crippen molar-refractivity contribution in [2.24, 2.45) is 0 Å². The third-order valence-electron chi connectivity index (χ3n) is 1.33. The largest absolute Gasteiger partial charge is 0.387 e. The number of nitrogens with zero attached hydrogens (tertiary/aromatic N) is 1. The number of hydrogen-bond donors (Lipinski definition) is 1. The molecule has 0 fully saturated rings. The molecule has 1 aromatic rings. The second-order valence-corrected chi connectivity index (χ2v) is 2.52. The molecule has 3 heteroatoms. The van der Waals surface area contributed by atoms with Gasteiger partial charge in [0.1, 0.15) is 0 Å². The average Bonchev–Trinajstić information content (AvgIpc) is 2.03. The summed E-state index contributed by atoms with van der Waals surface area (Å²) in [4.78, 5) is 4.06. The number of rotatable bonds is 2. The van der Waals surface area contributed by atoms with Crippen molar-refractivity contribution in [3.63, 3.8) is 0 Å². The molecule has 11 heavy (non-hydrogen) atoms. The predicted octanol–water partition coefficient (Wildman–Crippen LogP) is 1.93. The molecule has 2 nitrogen and oxygen atoms in total. The van der Waals surface area contributed by atoms with Crippen LogP contribution < -0.4 is 5.32 Å². The molecular weight excluding hydrogens is 160 g/mol. The summed E-state index contributed by atoms with van der Waals surface area (Å²) >= 11 is 5.74. The minimum absolute atomic E-state index is 0.673. The Morgan fingerprint density at radius 3 is 3.00 bits per heavy atom. The van der Waals surface area contributed by atoms with E-state index < -0.39 is 0 Å². The molecule has 0 saturated carbocycles. The van der Waals surface area contributed by atoms with Crippen LogP contribution in [0.25, 0.3) is 5.70 Å². The first kappa shape index (κ1) is 8.08. The maximum absolute atomic E-state index is 5.74. The molecule has 0 atom stereocenters. The lowest BCUT2D eigenvalue weighted by molar-refractivity contribution is 1.10. The van der Waals surface area contributed by atoms with Crippen molar-refractivity contribution in [2.45, 2.75) is 0 Å². The zero-order valence-corrected chi connectivity index (χ0v) is 7.02. The molecule has 1 aromatic heterocycles. The van der Waals surface area contributed by atoms with Gasteiger partial charge < -0.3 is 5.32 Å². The quantitative estimate of drug-likeness (QED) is 0.730. The summed E-state index contributed by atoms with van der Waals surface area (Å²) in [6.45, 7) is 3.75. The molecule has 1 rings (SSSR count). The molecule has 0 aliphatic carbocycles. The minimum Gasteiger partial charge on any atom is -0.387 e. The van der Waals surface area contributed by atoms with Crippen molar-refractivity contribution in [1.82, 2.24) is 10.3 Å². The fraction of sp³-hybridized carbons (Fsp3) is 0.125. The van der Waals surface area contributed by atoms with Crippen molar-refractivity contribution in [3.05, 3.63) is 35.6 Å². The number of halogens is 1. The minimum atomic E-state index is 0.673. The van der Waals surface area contributed by atoms with E-state index in [-0.39, 0.29) is 0 Å². The Labute approximate surface area is 70.9 Å². The van der Waals surface area contributed by atoms with Crippen LogP contribution in [0.2, 0.25) is 5.02 Å². The van der Waals surface area contributed by atoms with Gasteiger partial charge in [0, 0.05) is 18.3 Å². The topological polar surface area (TPSA) is 24.9 Å². The normalized spacial score (nSPS) is 9.27. The second-order valence-electron chi connectivity index (χ2n) is 2.09. The van der Waals surface area contributed by atoms with Gasteiger partial charge in [0.25, 0.3) is 0 Å². The molecule has 58 valence electrons. The van der Waals surface area contributed by atoms with Gasteiger partial charge in [-0.05, 0) is 12.1 Å². The van der Waals surface area contributed by atoms with E-state index in [0.29, 0.717) is 5.02 Å². The van der Waals surface area contributed by atoms with Crippen LogP contribution in [-0.2, 0) is 0 Å². The predicted molar refractivity (Wildman–Crippen MR) is 47.3 cm³/mol. The molecule has 0 radical (unpaired) electrons. The van der Waals surface area contributed by atoms with Crippen LogP contribution in [0.5, 0.6) is 0 Å². The first-order chi connectivity index (χ1) is 5.24. The summed E-state index contributed by atoms with van der Waals surface area (Å²) < 4.78 is 0. The maximum atomic E-state index is 5.74. The SMILES string of the molecule is C=C(NC)c1cc(Cl)ccn1. The third kappa shape index (κ3) is 1.95. The van der Waals surface area contributed by atoms with Crippen LogP contribution in [0.4, 0.5) is 0 Å². The molecular formula is C8H9ClN2. The van der Waals surface area contributed by atoms with E-state index in [1.165, 1.54) is 0 Å². The van der Waals surface area contributed by atoms with Gasteiger partial charge in [-0.1, -0.05) is 18.2 Å². The lowest BCUT2D eigenvalue weighted by Gasteiger charge is -2.02. The zero-order valence-electron chi connectivity index (χ0n) is 6.26. The summed E-state index contributed by atoms with van der Waals surface area (Å²) in [7, 11) is 1.80. The fourth-order valence-electron chi connectivity index (χ4n) is 0.698. The molecule has 0 bridgehead atoms. The van der Waals surface area contributed by atoms with E-state index in [1.807, 2.05) is 0 Å². The highest BCUT2D eigenvalue weighted by molar-refractivity contribution is 6.30. The van der Waals surface area contributed by atoms with E-state index in [9.17, 15) is 0 Å². The highest BCUT2D eigenvalue weighted by Gasteiger charge is 1.96. The average molecular weight is 169 g/mol.